The van der Waals surface area contributed by atoms with Gasteiger partial charge in [0.1, 0.15) is 5.15 Å². The number of nitrogens with zero attached hydrogens (tertiary/aromatic N) is 3. The van der Waals surface area contributed by atoms with Gasteiger partial charge >= 0.3 is 0 Å². The van der Waals surface area contributed by atoms with E-state index in [1.165, 1.54) is 0 Å². The van der Waals surface area contributed by atoms with Crippen molar-refractivity contribution in [1.82, 2.24) is 14.5 Å². The maximum atomic E-state index is 11.1. The van der Waals surface area contributed by atoms with E-state index in [0.717, 1.165) is 17.2 Å². The van der Waals surface area contributed by atoms with Crippen LogP contribution in [0.1, 0.15) is 10.4 Å². The van der Waals surface area contributed by atoms with E-state index in [1.807, 2.05) is 24.3 Å². The lowest BCUT2D eigenvalue weighted by Crippen LogP contribution is -1.98. The molecule has 1 aromatic carbocycles. The molecule has 0 bridgehead atoms. The molecule has 0 N–H and O–H groups in total. The highest BCUT2D eigenvalue weighted by atomic mass is 35.5. The molecule has 0 amide bonds. The van der Waals surface area contributed by atoms with Crippen molar-refractivity contribution in [3.63, 3.8) is 0 Å². The predicted molar refractivity (Wildman–Crippen MR) is 69.3 cm³/mol. The third-order valence-electron chi connectivity index (χ3n) is 2.69. The Kier molecular flexibility index (Phi) is 2.57. The summed E-state index contributed by atoms with van der Waals surface area (Å²) in [6.07, 6.45) is 4.12. The SMILES string of the molecule is O=Cc1cn(-c2nccc(Cl)n2)c2ccccc12. The summed E-state index contributed by atoms with van der Waals surface area (Å²) in [6, 6.07) is 9.19. The smallest absolute Gasteiger partial charge is 0.235 e. The van der Waals surface area contributed by atoms with Gasteiger partial charge in [0, 0.05) is 23.3 Å². The van der Waals surface area contributed by atoms with Crippen LogP contribution in [0.3, 0.4) is 0 Å². The molecular formula is C13H8ClN3O. The number of aldehydes is 1. The van der Waals surface area contributed by atoms with Crippen LogP contribution in [-0.2, 0) is 0 Å². The number of halogens is 1. The van der Waals surface area contributed by atoms with Gasteiger partial charge < -0.3 is 0 Å². The first kappa shape index (κ1) is 10.9. The van der Waals surface area contributed by atoms with E-state index in [0.29, 0.717) is 16.7 Å². The number of carbonyl (C=O) groups excluding carboxylic acids is 1. The Hall–Kier alpha value is -2.20. The quantitative estimate of drug-likeness (QED) is 0.524. The molecule has 0 aliphatic carbocycles. The van der Waals surface area contributed by atoms with Crippen molar-refractivity contribution >= 4 is 28.8 Å². The number of carbonyl (C=O) groups is 1. The molecule has 0 aliphatic rings. The van der Waals surface area contributed by atoms with Gasteiger partial charge in [0.05, 0.1) is 5.52 Å². The molecule has 18 heavy (non-hydrogen) atoms. The van der Waals surface area contributed by atoms with E-state index < -0.39 is 0 Å². The molecule has 0 atom stereocenters. The maximum Gasteiger partial charge on any atom is 0.235 e. The van der Waals surface area contributed by atoms with Crippen LogP contribution in [0.4, 0.5) is 0 Å². The largest absolute Gasteiger partial charge is 0.298 e. The summed E-state index contributed by atoms with van der Waals surface area (Å²) in [5.41, 5.74) is 1.48. The second-order valence-electron chi connectivity index (χ2n) is 3.77. The van der Waals surface area contributed by atoms with Gasteiger partial charge in [-0.2, -0.15) is 0 Å². The predicted octanol–water partition coefficient (Wildman–Crippen LogP) is 2.89. The van der Waals surface area contributed by atoms with Crippen LogP contribution >= 0.6 is 11.6 Å². The monoisotopic (exact) mass is 257 g/mol. The first-order valence-corrected chi connectivity index (χ1v) is 5.71. The van der Waals surface area contributed by atoms with Crippen molar-refractivity contribution in [3.05, 3.63) is 53.4 Å². The van der Waals surface area contributed by atoms with Gasteiger partial charge in [0.15, 0.2) is 6.29 Å². The standard InChI is InChI=1S/C13H8ClN3O/c14-12-5-6-15-13(16-12)17-7-9(8-18)10-3-1-2-4-11(10)17/h1-8H. The van der Waals surface area contributed by atoms with Crippen LogP contribution < -0.4 is 0 Å². The molecule has 4 nitrogen and oxygen atoms in total. The molecule has 5 heteroatoms. The fourth-order valence-electron chi connectivity index (χ4n) is 1.91. The van der Waals surface area contributed by atoms with Crippen LogP contribution in [0.25, 0.3) is 16.9 Å². The van der Waals surface area contributed by atoms with Crippen LogP contribution in [0.15, 0.2) is 42.7 Å². The van der Waals surface area contributed by atoms with Gasteiger partial charge in [0.2, 0.25) is 5.95 Å². The summed E-state index contributed by atoms with van der Waals surface area (Å²) in [5, 5.41) is 1.24. The Morgan fingerprint density at radius 2 is 2.06 bits per heavy atom. The molecule has 0 saturated carbocycles. The molecular weight excluding hydrogens is 250 g/mol. The lowest BCUT2D eigenvalue weighted by atomic mass is 10.2. The highest BCUT2D eigenvalue weighted by Crippen LogP contribution is 2.22. The number of para-hydroxylation sites is 1. The van der Waals surface area contributed by atoms with Crippen molar-refractivity contribution < 1.29 is 4.79 Å². The van der Waals surface area contributed by atoms with E-state index in [9.17, 15) is 4.79 Å². The summed E-state index contributed by atoms with van der Waals surface area (Å²) in [5.74, 6) is 0.451. The highest BCUT2D eigenvalue weighted by molar-refractivity contribution is 6.29. The van der Waals surface area contributed by atoms with E-state index in [4.69, 9.17) is 11.6 Å². The third kappa shape index (κ3) is 1.67. The summed E-state index contributed by atoms with van der Waals surface area (Å²) in [6.45, 7) is 0. The number of aromatic nitrogens is 3. The zero-order chi connectivity index (χ0) is 12.5. The second-order valence-corrected chi connectivity index (χ2v) is 4.16. The first-order valence-electron chi connectivity index (χ1n) is 5.34. The van der Waals surface area contributed by atoms with Crippen LogP contribution in [-0.4, -0.2) is 20.8 Å². The van der Waals surface area contributed by atoms with Gasteiger partial charge in [-0.3, -0.25) is 9.36 Å². The lowest BCUT2D eigenvalue weighted by molar-refractivity contribution is 0.112. The van der Waals surface area contributed by atoms with Crippen molar-refractivity contribution in [2.75, 3.05) is 0 Å². The number of hydrogen-bond acceptors (Lipinski definition) is 3. The number of fused-ring (bicyclic) bond motifs is 1. The molecule has 88 valence electrons. The maximum absolute atomic E-state index is 11.1. The number of rotatable bonds is 2. The van der Waals surface area contributed by atoms with Crippen molar-refractivity contribution in [2.24, 2.45) is 0 Å². The zero-order valence-corrected chi connectivity index (χ0v) is 10.0. The van der Waals surface area contributed by atoms with Gasteiger partial charge in [-0.15, -0.1) is 0 Å². The third-order valence-corrected chi connectivity index (χ3v) is 2.90. The molecule has 0 fully saturated rings. The van der Waals surface area contributed by atoms with Gasteiger partial charge in [-0.1, -0.05) is 29.8 Å². The average molecular weight is 258 g/mol. The van der Waals surface area contributed by atoms with Crippen LogP contribution in [0.5, 0.6) is 0 Å². The molecule has 0 radical (unpaired) electrons. The molecule has 0 saturated heterocycles. The molecule has 0 spiro atoms. The van der Waals surface area contributed by atoms with E-state index in [-0.39, 0.29) is 0 Å². The Bertz CT molecular complexity index is 736. The lowest BCUT2D eigenvalue weighted by Gasteiger charge is -2.02. The first-order chi connectivity index (χ1) is 8.79. The Morgan fingerprint density at radius 1 is 1.22 bits per heavy atom. The van der Waals surface area contributed by atoms with E-state index in [1.54, 1.807) is 23.0 Å². The topological polar surface area (TPSA) is 47.8 Å². The van der Waals surface area contributed by atoms with Crippen molar-refractivity contribution in [2.45, 2.75) is 0 Å². The van der Waals surface area contributed by atoms with Crippen molar-refractivity contribution in [1.29, 1.82) is 0 Å². The Morgan fingerprint density at radius 3 is 2.83 bits per heavy atom. The van der Waals surface area contributed by atoms with Gasteiger partial charge in [-0.25, -0.2) is 9.97 Å². The fraction of sp³-hybridized carbons (Fsp3) is 0. The molecule has 3 rings (SSSR count). The van der Waals surface area contributed by atoms with Gasteiger partial charge in [-0.05, 0) is 12.1 Å². The van der Waals surface area contributed by atoms with Crippen LogP contribution in [0.2, 0.25) is 5.15 Å². The van der Waals surface area contributed by atoms with Crippen molar-refractivity contribution in [3.8, 4) is 5.95 Å². The fourth-order valence-corrected chi connectivity index (χ4v) is 2.04. The minimum atomic E-state index is 0.366. The van der Waals surface area contributed by atoms with Crippen LogP contribution in [0, 0.1) is 0 Å². The molecule has 2 aromatic heterocycles. The Balaban J connectivity index is 2.33. The minimum Gasteiger partial charge on any atom is -0.298 e. The normalized spacial score (nSPS) is 10.7. The summed E-state index contributed by atoms with van der Waals surface area (Å²) >= 11 is 5.85. The summed E-state index contributed by atoms with van der Waals surface area (Å²) in [7, 11) is 0. The number of benzene rings is 1. The highest BCUT2D eigenvalue weighted by Gasteiger charge is 2.10. The zero-order valence-electron chi connectivity index (χ0n) is 9.25. The molecule has 2 heterocycles. The molecule has 0 unspecified atom stereocenters. The van der Waals surface area contributed by atoms with Gasteiger partial charge in [0.25, 0.3) is 0 Å². The minimum absolute atomic E-state index is 0.366. The average Bonchev–Trinajstić information content (AvgIpc) is 2.77. The molecule has 0 aliphatic heterocycles. The Labute approximate surface area is 108 Å². The summed E-state index contributed by atoms with van der Waals surface area (Å²) < 4.78 is 1.75. The molecule has 3 aromatic rings. The van der Waals surface area contributed by atoms with E-state index in [2.05, 4.69) is 9.97 Å². The summed E-state index contributed by atoms with van der Waals surface area (Å²) in [4.78, 5) is 19.4. The second kappa shape index (κ2) is 4.23. The number of hydrogen-bond donors (Lipinski definition) is 0. The van der Waals surface area contributed by atoms with E-state index >= 15 is 0 Å².